The lowest BCUT2D eigenvalue weighted by Crippen LogP contribution is -2.04. The maximum Gasteiger partial charge on any atom is 0.0792 e. The van der Waals surface area contributed by atoms with Gasteiger partial charge in [0, 0.05) is 7.11 Å². The van der Waals surface area contributed by atoms with E-state index in [1.807, 2.05) is 0 Å². The molecule has 1 aliphatic rings. The van der Waals surface area contributed by atoms with Crippen LogP contribution in [0.25, 0.3) is 0 Å². The molecule has 18 heavy (non-hydrogen) atoms. The fourth-order valence-corrected chi connectivity index (χ4v) is 2.82. The van der Waals surface area contributed by atoms with Crippen molar-refractivity contribution in [1.29, 1.82) is 0 Å². The molecule has 2 rings (SSSR count). The standard InChI is InChI=1S/C16H24O2/c1-18-11-10-13-6-8-15(9-7-13)16(17)12-14-4-2-3-5-14/h6-9,14,16-17H,2-5,10-12H2,1H3. The number of methoxy groups -OCH3 is 1. The predicted octanol–water partition coefficient (Wildman–Crippen LogP) is 3.49. The van der Waals surface area contributed by atoms with Crippen molar-refractivity contribution in [3.63, 3.8) is 0 Å². The number of hydrogen-bond donors (Lipinski definition) is 1. The van der Waals surface area contributed by atoms with Crippen LogP contribution in [0.5, 0.6) is 0 Å². The van der Waals surface area contributed by atoms with Gasteiger partial charge in [-0.25, -0.2) is 0 Å². The van der Waals surface area contributed by atoms with Crippen molar-refractivity contribution in [2.75, 3.05) is 13.7 Å². The Hall–Kier alpha value is -0.860. The molecule has 0 spiro atoms. The lowest BCUT2D eigenvalue weighted by molar-refractivity contribution is 0.145. The molecule has 1 unspecified atom stereocenters. The van der Waals surface area contributed by atoms with Crippen LogP contribution in [0.2, 0.25) is 0 Å². The molecule has 0 aliphatic heterocycles. The third-order valence-corrected chi connectivity index (χ3v) is 3.99. The molecule has 100 valence electrons. The Bertz CT molecular complexity index is 339. The van der Waals surface area contributed by atoms with Crippen LogP contribution in [0.1, 0.15) is 49.3 Å². The van der Waals surface area contributed by atoms with E-state index in [0.29, 0.717) is 0 Å². The van der Waals surface area contributed by atoms with Crippen LogP contribution < -0.4 is 0 Å². The summed E-state index contributed by atoms with van der Waals surface area (Å²) in [6, 6.07) is 8.33. The fourth-order valence-electron chi connectivity index (χ4n) is 2.82. The Morgan fingerprint density at radius 1 is 1.22 bits per heavy atom. The van der Waals surface area contributed by atoms with Crippen molar-refractivity contribution in [3.05, 3.63) is 35.4 Å². The third kappa shape index (κ3) is 3.82. The number of rotatable bonds is 6. The molecule has 0 bridgehead atoms. The van der Waals surface area contributed by atoms with Crippen LogP contribution in [0.4, 0.5) is 0 Å². The number of hydrogen-bond acceptors (Lipinski definition) is 2. The maximum atomic E-state index is 10.2. The summed E-state index contributed by atoms with van der Waals surface area (Å²) >= 11 is 0. The fraction of sp³-hybridized carbons (Fsp3) is 0.625. The van der Waals surface area contributed by atoms with Gasteiger partial charge in [0.1, 0.15) is 0 Å². The molecular formula is C16H24O2. The van der Waals surface area contributed by atoms with E-state index in [4.69, 9.17) is 4.74 Å². The Balaban J connectivity index is 1.87. The summed E-state index contributed by atoms with van der Waals surface area (Å²) in [7, 11) is 1.72. The molecule has 1 saturated carbocycles. The summed E-state index contributed by atoms with van der Waals surface area (Å²) in [5.41, 5.74) is 2.33. The molecule has 1 atom stereocenters. The Morgan fingerprint density at radius 2 is 1.89 bits per heavy atom. The smallest absolute Gasteiger partial charge is 0.0792 e. The molecule has 1 N–H and O–H groups in total. The molecule has 1 fully saturated rings. The second-order valence-electron chi connectivity index (χ2n) is 5.39. The minimum Gasteiger partial charge on any atom is -0.388 e. The number of aliphatic hydroxyl groups excluding tert-OH is 1. The van der Waals surface area contributed by atoms with Crippen LogP contribution >= 0.6 is 0 Å². The van der Waals surface area contributed by atoms with Crippen molar-refractivity contribution in [2.45, 2.75) is 44.6 Å². The summed E-state index contributed by atoms with van der Waals surface area (Å²) in [4.78, 5) is 0. The molecule has 0 heterocycles. The number of ether oxygens (including phenoxy) is 1. The number of benzene rings is 1. The van der Waals surface area contributed by atoms with Crippen LogP contribution in [-0.4, -0.2) is 18.8 Å². The molecule has 2 heteroatoms. The first kappa shape index (κ1) is 13.6. The van der Waals surface area contributed by atoms with Gasteiger partial charge in [0.25, 0.3) is 0 Å². The minimum atomic E-state index is -0.287. The second kappa shape index (κ2) is 6.91. The molecule has 0 saturated heterocycles. The van der Waals surface area contributed by atoms with Gasteiger partial charge >= 0.3 is 0 Å². The van der Waals surface area contributed by atoms with Crippen LogP contribution in [0, 0.1) is 5.92 Å². The van der Waals surface area contributed by atoms with E-state index < -0.39 is 0 Å². The summed E-state index contributed by atoms with van der Waals surface area (Å²) in [5, 5.41) is 10.2. The van der Waals surface area contributed by atoms with Crippen LogP contribution in [0.3, 0.4) is 0 Å². The SMILES string of the molecule is COCCc1ccc(C(O)CC2CCCC2)cc1. The minimum absolute atomic E-state index is 0.287. The van der Waals surface area contributed by atoms with Crippen molar-refractivity contribution in [2.24, 2.45) is 5.92 Å². The highest BCUT2D eigenvalue weighted by Gasteiger charge is 2.19. The molecule has 2 nitrogen and oxygen atoms in total. The van der Waals surface area contributed by atoms with E-state index in [1.54, 1.807) is 7.11 Å². The van der Waals surface area contributed by atoms with Gasteiger partial charge in [0.15, 0.2) is 0 Å². The van der Waals surface area contributed by atoms with Gasteiger partial charge in [0.2, 0.25) is 0 Å². The summed E-state index contributed by atoms with van der Waals surface area (Å²) < 4.78 is 5.06. The van der Waals surface area contributed by atoms with Gasteiger partial charge in [-0.15, -0.1) is 0 Å². The summed E-state index contributed by atoms with van der Waals surface area (Å²) in [5.74, 6) is 0.730. The first-order valence-electron chi connectivity index (χ1n) is 7.05. The van der Waals surface area contributed by atoms with E-state index in [0.717, 1.165) is 30.9 Å². The van der Waals surface area contributed by atoms with Gasteiger partial charge in [-0.05, 0) is 29.9 Å². The summed E-state index contributed by atoms with van der Waals surface area (Å²) in [6.07, 6.45) is 6.85. The van der Waals surface area contributed by atoms with Crippen LogP contribution in [0.15, 0.2) is 24.3 Å². The van der Waals surface area contributed by atoms with Crippen LogP contribution in [-0.2, 0) is 11.2 Å². The zero-order valence-corrected chi connectivity index (χ0v) is 11.3. The first-order valence-corrected chi connectivity index (χ1v) is 7.05. The zero-order chi connectivity index (χ0) is 12.8. The van der Waals surface area contributed by atoms with Gasteiger partial charge in [-0.2, -0.15) is 0 Å². The Morgan fingerprint density at radius 3 is 2.50 bits per heavy atom. The molecule has 1 aliphatic carbocycles. The monoisotopic (exact) mass is 248 g/mol. The van der Waals surface area contributed by atoms with Gasteiger partial charge < -0.3 is 9.84 Å². The molecule has 1 aromatic carbocycles. The lowest BCUT2D eigenvalue weighted by atomic mass is 9.95. The third-order valence-electron chi connectivity index (χ3n) is 3.99. The first-order chi connectivity index (χ1) is 8.79. The lowest BCUT2D eigenvalue weighted by Gasteiger charge is -2.16. The summed E-state index contributed by atoms with van der Waals surface area (Å²) in [6.45, 7) is 0.754. The van der Waals surface area contributed by atoms with E-state index in [9.17, 15) is 5.11 Å². The highest BCUT2D eigenvalue weighted by atomic mass is 16.5. The van der Waals surface area contributed by atoms with Crippen molar-refractivity contribution >= 4 is 0 Å². The second-order valence-corrected chi connectivity index (χ2v) is 5.39. The van der Waals surface area contributed by atoms with Gasteiger partial charge in [0.05, 0.1) is 12.7 Å². The highest BCUT2D eigenvalue weighted by Crippen LogP contribution is 2.32. The number of aliphatic hydroxyl groups is 1. The van der Waals surface area contributed by atoms with Crippen molar-refractivity contribution in [1.82, 2.24) is 0 Å². The molecule has 0 amide bonds. The highest BCUT2D eigenvalue weighted by molar-refractivity contribution is 5.24. The Kier molecular flexibility index (Phi) is 5.21. The normalized spacial score (nSPS) is 18.1. The van der Waals surface area contributed by atoms with Crippen molar-refractivity contribution in [3.8, 4) is 0 Å². The average molecular weight is 248 g/mol. The van der Waals surface area contributed by atoms with E-state index in [2.05, 4.69) is 24.3 Å². The quantitative estimate of drug-likeness (QED) is 0.835. The average Bonchev–Trinajstić information content (AvgIpc) is 2.89. The largest absolute Gasteiger partial charge is 0.388 e. The predicted molar refractivity (Wildman–Crippen MR) is 73.6 cm³/mol. The molecular weight excluding hydrogens is 224 g/mol. The van der Waals surface area contributed by atoms with Gasteiger partial charge in [-0.1, -0.05) is 49.9 Å². The molecule has 0 radical (unpaired) electrons. The topological polar surface area (TPSA) is 29.5 Å². The maximum absolute atomic E-state index is 10.2. The van der Waals surface area contributed by atoms with E-state index in [1.165, 1.54) is 31.2 Å². The molecule has 1 aromatic rings. The zero-order valence-electron chi connectivity index (χ0n) is 11.3. The van der Waals surface area contributed by atoms with Gasteiger partial charge in [-0.3, -0.25) is 0 Å². The van der Waals surface area contributed by atoms with E-state index in [-0.39, 0.29) is 6.10 Å². The Labute approximate surface area is 110 Å². The van der Waals surface area contributed by atoms with E-state index >= 15 is 0 Å². The van der Waals surface area contributed by atoms with Crippen molar-refractivity contribution < 1.29 is 9.84 Å². The molecule has 0 aromatic heterocycles.